The Labute approximate surface area is 107 Å². The first-order chi connectivity index (χ1) is 8.38. The molecule has 2 rings (SSSR count). The molecular formula is C8H11N5O3S2. The SMILES string of the molecule is Cc1noc(CNc2snc(N)c2S(C)(=O)=O)n1. The highest BCUT2D eigenvalue weighted by Crippen LogP contribution is 2.31. The van der Waals surface area contributed by atoms with Crippen molar-refractivity contribution in [1.82, 2.24) is 14.5 Å². The van der Waals surface area contributed by atoms with Crippen LogP contribution < -0.4 is 11.1 Å². The number of nitrogen functional groups attached to an aromatic ring is 1. The highest BCUT2D eigenvalue weighted by atomic mass is 32.2. The van der Waals surface area contributed by atoms with Crippen LogP contribution >= 0.6 is 11.5 Å². The number of hydrogen-bond acceptors (Lipinski definition) is 9. The van der Waals surface area contributed by atoms with E-state index in [4.69, 9.17) is 10.3 Å². The monoisotopic (exact) mass is 289 g/mol. The summed E-state index contributed by atoms with van der Waals surface area (Å²) in [6, 6.07) is 0. The molecule has 0 saturated carbocycles. The molecule has 0 aliphatic heterocycles. The van der Waals surface area contributed by atoms with Crippen LogP contribution in [0, 0.1) is 6.92 Å². The molecule has 0 aliphatic rings. The van der Waals surface area contributed by atoms with Gasteiger partial charge < -0.3 is 15.6 Å². The van der Waals surface area contributed by atoms with E-state index in [1.54, 1.807) is 6.92 Å². The predicted octanol–water partition coefficient (Wildman–Crippen LogP) is 0.432. The number of rotatable bonds is 4. The number of aryl methyl sites for hydroxylation is 1. The van der Waals surface area contributed by atoms with Crippen LogP contribution in [0.15, 0.2) is 9.42 Å². The molecule has 0 atom stereocenters. The fraction of sp³-hybridized carbons (Fsp3) is 0.375. The second-order valence-electron chi connectivity index (χ2n) is 3.59. The number of hydrogen-bond donors (Lipinski definition) is 2. The Morgan fingerprint density at radius 2 is 2.22 bits per heavy atom. The Morgan fingerprint density at radius 1 is 1.50 bits per heavy atom. The minimum atomic E-state index is -3.43. The summed E-state index contributed by atoms with van der Waals surface area (Å²) in [6.45, 7) is 1.91. The van der Waals surface area contributed by atoms with Crippen molar-refractivity contribution in [3.63, 3.8) is 0 Å². The maximum Gasteiger partial charge on any atom is 0.245 e. The lowest BCUT2D eigenvalue weighted by Gasteiger charge is -2.02. The molecule has 0 saturated heterocycles. The van der Waals surface area contributed by atoms with Gasteiger partial charge in [0.25, 0.3) is 0 Å². The number of anilines is 2. The second-order valence-corrected chi connectivity index (χ2v) is 6.31. The quantitative estimate of drug-likeness (QED) is 0.830. The van der Waals surface area contributed by atoms with E-state index < -0.39 is 9.84 Å². The molecule has 0 bridgehead atoms. The Morgan fingerprint density at radius 3 is 2.78 bits per heavy atom. The van der Waals surface area contributed by atoms with Crippen LogP contribution in [-0.2, 0) is 16.4 Å². The molecule has 0 unspecified atom stereocenters. The molecule has 0 spiro atoms. The zero-order valence-corrected chi connectivity index (χ0v) is 11.3. The topological polar surface area (TPSA) is 124 Å². The molecular weight excluding hydrogens is 278 g/mol. The lowest BCUT2D eigenvalue weighted by Crippen LogP contribution is -2.06. The highest BCUT2D eigenvalue weighted by molar-refractivity contribution is 7.91. The molecule has 0 aromatic carbocycles. The predicted molar refractivity (Wildman–Crippen MR) is 66.0 cm³/mol. The van der Waals surface area contributed by atoms with Gasteiger partial charge in [0.05, 0.1) is 6.54 Å². The van der Waals surface area contributed by atoms with Gasteiger partial charge in [0.15, 0.2) is 21.5 Å². The molecule has 98 valence electrons. The van der Waals surface area contributed by atoms with Gasteiger partial charge in [-0.05, 0) is 18.5 Å². The van der Waals surface area contributed by atoms with Crippen molar-refractivity contribution in [3.05, 3.63) is 11.7 Å². The molecule has 2 aromatic rings. The molecule has 2 heterocycles. The van der Waals surface area contributed by atoms with Crippen LogP contribution in [0.2, 0.25) is 0 Å². The van der Waals surface area contributed by atoms with Crippen LogP contribution in [0.25, 0.3) is 0 Å². The lowest BCUT2D eigenvalue weighted by atomic mass is 10.5. The summed E-state index contributed by atoms with van der Waals surface area (Å²) < 4.78 is 31.8. The number of nitrogens with two attached hydrogens (primary N) is 1. The van der Waals surface area contributed by atoms with E-state index in [-0.39, 0.29) is 17.3 Å². The summed E-state index contributed by atoms with van der Waals surface area (Å²) in [5.41, 5.74) is 5.53. The summed E-state index contributed by atoms with van der Waals surface area (Å²) in [5.74, 6) is 0.865. The highest BCUT2D eigenvalue weighted by Gasteiger charge is 2.21. The Balaban J connectivity index is 2.20. The summed E-state index contributed by atoms with van der Waals surface area (Å²) in [4.78, 5) is 3.99. The van der Waals surface area contributed by atoms with Crippen LogP contribution in [0.4, 0.5) is 10.8 Å². The van der Waals surface area contributed by atoms with Crippen LogP contribution in [-0.4, -0.2) is 29.2 Å². The maximum atomic E-state index is 11.5. The molecule has 8 nitrogen and oxygen atoms in total. The first kappa shape index (κ1) is 12.8. The van der Waals surface area contributed by atoms with Crippen molar-refractivity contribution < 1.29 is 12.9 Å². The van der Waals surface area contributed by atoms with Crippen LogP contribution in [0.5, 0.6) is 0 Å². The van der Waals surface area contributed by atoms with E-state index in [9.17, 15) is 8.42 Å². The largest absolute Gasteiger partial charge is 0.382 e. The van der Waals surface area contributed by atoms with Crippen molar-refractivity contribution in [3.8, 4) is 0 Å². The van der Waals surface area contributed by atoms with Crippen LogP contribution in [0.1, 0.15) is 11.7 Å². The van der Waals surface area contributed by atoms with Gasteiger partial charge in [-0.1, -0.05) is 5.16 Å². The third-order valence-corrected chi connectivity index (χ3v) is 4.12. The molecule has 2 aromatic heterocycles. The van der Waals surface area contributed by atoms with Crippen molar-refractivity contribution in [2.24, 2.45) is 0 Å². The first-order valence-corrected chi connectivity index (χ1v) is 7.52. The average Bonchev–Trinajstić information content (AvgIpc) is 2.81. The first-order valence-electron chi connectivity index (χ1n) is 4.86. The van der Waals surface area contributed by atoms with Gasteiger partial charge >= 0.3 is 0 Å². The van der Waals surface area contributed by atoms with Crippen molar-refractivity contribution >= 4 is 32.2 Å². The van der Waals surface area contributed by atoms with E-state index in [1.807, 2.05) is 0 Å². The average molecular weight is 289 g/mol. The molecule has 0 aliphatic carbocycles. The Bertz CT molecular complexity index is 660. The standard InChI is InChI=1S/C8H11N5O3S2/c1-4-11-5(16-12-4)3-10-8-6(18(2,14)15)7(9)13-17-8/h10H,3H2,1-2H3,(H2,9,13). The summed E-state index contributed by atoms with van der Waals surface area (Å²) in [7, 11) is -3.43. The van der Waals surface area contributed by atoms with Gasteiger partial charge in [-0.25, -0.2) is 8.42 Å². The fourth-order valence-corrected chi connectivity index (χ4v) is 3.40. The van der Waals surface area contributed by atoms with Gasteiger partial charge in [0, 0.05) is 6.26 Å². The Hall–Kier alpha value is -1.68. The number of sulfone groups is 1. The van der Waals surface area contributed by atoms with Gasteiger partial charge in [0.1, 0.15) is 9.90 Å². The van der Waals surface area contributed by atoms with Crippen molar-refractivity contribution in [2.75, 3.05) is 17.3 Å². The van der Waals surface area contributed by atoms with Gasteiger partial charge in [-0.15, -0.1) is 0 Å². The third-order valence-electron chi connectivity index (χ3n) is 2.01. The van der Waals surface area contributed by atoms with E-state index >= 15 is 0 Å². The minimum Gasteiger partial charge on any atom is -0.382 e. The molecule has 0 amide bonds. The zero-order chi connectivity index (χ0) is 13.3. The van der Waals surface area contributed by atoms with Crippen LogP contribution in [0.3, 0.4) is 0 Å². The molecule has 10 heteroatoms. The van der Waals surface area contributed by atoms with E-state index in [0.29, 0.717) is 16.7 Å². The molecule has 0 fully saturated rings. The van der Waals surface area contributed by atoms with Gasteiger partial charge in [0.2, 0.25) is 5.89 Å². The normalized spacial score (nSPS) is 11.7. The summed E-state index contributed by atoms with van der Waals surface area (Å²) in [6.07, 6.45) is 1.08. The Kier molecular flexibility index (Phi) is 3.22. The minimum absolute atomic E-state index is 0.00346. The summed E-state index contributed by atoms with van der Waals surface area (Å²) >= 11 is 0.974. The van der Waals surface area contributed by atoms with Gasteiger partial charge in [-0.3, -0.25) is 0 Å². The van der Waals surface area contributed by atoms with E-state index in [1.165, 1.54) is 0 Å². The third kappa shape index (κ3) is 2.59. The summed E-state index contributed by atoms with van der Waals surface area (Å²) in [5, 5.41) is 6.86. The maximum absolute atomic E-state index is 11.5. The fourth-order valence-electron chi connectivity index (χ4n) is 1.33. The molecule has 18 heavy (non-hydrogen) atoms. The zero-order valence-electron chi connectivity index (χ0n) is 9.67. The smallest absolute Gasteiger partial charge is 0.245 e. The molecule has 3 N–H and O–H groups in total. The van der Waals surface area contributed by atoms with E-state index in [2.05, 4.69) is 19.8 Å². The lowest BCUT2D eigenvalue weighted by molar-refractivity contribution is 0.379. The number of nitrogens with zero attached hydrogens (tertiary/aromatic N) is 3. The van der Waals surface area contributed by atoms with Crippen molar-refractivity contribution in [2.45, 2.75) is 18.4 Å². The van der Waals surface area contributed by atoms with Gasteiger partial charge in [-0.2, -0.15) is 9.36 Å². The number of aromatic nitrogens is 3. The number of nitrogens with one attached hydrogen (secondary N) is 1. The molecule has 0 radical (unpaired) electrons. The van der Waals surface area contributed by atoms with E-state index in [0.717, 1.165) is 17.8 Å². The van der Waals surface area contributed by atoms with Crippen molar-refractivity contribution in [1.29, 1.82) is 0 Å². The second kappa shape index (κ2) is 4.53.